The van der Waals surface area contributed by atoms with E-state index in [1.54, 1.807) is 30.3 Å². The molecule has 5 nitrogen and oxygen atoms in total. The van der Waals surface area contributed by atoms with Crippen molar-refractivity contribution in [2.24, 2.45) is 0 Å². The molecule has 2 aromatic rings. The van der Waals surface area contributed by atoms with Crippen LogP contribution >= 0.6 is 11.3 Å². The molecule has 0 aliphatic heterocycles. The topological polar surface area (TPSA) is 97.5 Å². The number of thiophene rings is 1. The normalized spacial score (nSPS) is 12.9. The molecule has 6 heteroatoms. The van der Waals surface area contributed by atoms with Crippen molar-refractivity contribution in [2.45, 2.75) is 13.8 Å². The molecule has 1 aliphatic rings. The standard InChI is InChI=1S/C16H11NO4S.CH4/c17-13-10-6-9(16(20)21)11(18)7-12(10)22-15(13)14(19)8-4-2-1-3-5-8;/h1-6H,7,17H2,(H,20,21);1H4. The first-order chi connectivity index (χ1) is 10.5. The monoisotopic (exact) mass is 329 g/mol. The largest absolute Gasteiger partial charge is 0.478 e. The van der Waals surface area contributed by atoms with Gasteiger partial charge in [-0.15, -0.1) is 11.3 Å². The maximum Gasteiger partial charge on any atom is 0.339 e. The zero-order chi connectivity index (χ0) is 15.9. The number of ketones is 2. The molecule has 23 heavy (non-hydrogen) atoms. The molecule has 1 heterocycles. The number of hydrogen-bond acceptors (Lipinski definition) is 5. The van der Waals surface area contributed by atoms with Crippen LogP contribution in [0.4, 0.5) is 5.69 Å². The summed E-state index contributed by atoms with van der Waals surface area (Å²) in [6.07, 6.45) is 1.22. The van der Waals surface area contributed by atoms with Gasteiger partial charge in [0.2, 0.25) is 5.78 Å². The minimum absolute atomic E-state index is 0. The van der Waals surface area contributed by atoms with E-state index in [0.717, 1.165) is 11.3 Å². The molecule has 0 amide bonds. The lowest BCUT2D eigenvalue weighted by molar-refractivity contribution is -0.134. The summed E-state index contributed by atoms with van der Waals surface area (Å²) in [5.74, 6) is -1.98. The highest BCUT2D eigenvalue weighted by Gasteiger charge is 2.29. The molecule has 0 saturated heterocycles. The first kappa shape index (κ1) is 16.6. The Morgan fingerprint density at radius 2 is 1.83 bits per heavy atom. The van der Waals surface area contributed by atoms with E-state index in [0.29, 0.717) is 20.9 Å². The Labute approximate surface area is 137 Å². The Bertz CT molecular complexity index is 834. The van der Waals surface area contributed by atoms with Gasteiger partial charge in [-0.25, -0.2) is 4.79 Å². The number of Topliss-reactive ketones (excluding diaryl/α,β-unsaturated/α-hetero) is 1. The van der Waals surface area contributed by atoms with Gasteiger partial charge in [-0.2, -0.15) is 0 Å². The molecule has 1 aromatic carbocycles. The number of carboxylic acid groups (broad SMARTS) is 1. The van der Waals surface area contributed by atoms with Crippen LogP contribution in [0.25, 0.3) is 6.08 Å². The van der Waals surface area contributed by atoms with E-state index in [9.17, 15) is 14.4 Å². The highest BCUT2D eigenvalue weighted by Crippen LogP contribution is 2.37. The van der Waals surface area contributed by atoms with Crippen molar-refractivity contribution < 1.29 is 19.5 Å². The number of benzene rings is 1. The quantitative estimate of drug-likeness (QED) is 0.666. The Morgan fingerprint density at radius 3 is 2.43 bits per heavy atom. The first-order valence-corrected chi connectivity index (χ1v) is 7.29. The van der Waals surface area contributed by atoms with Crippen LogP contribution in [0, 0.1) is 0 Å². The zero-order valence-electron chi connectivity index (χ0n) is 11.3. The van der Waals surface area contributed by atoms with Crippen molar-refractivity contribution in [2.75, 3.05) is 5.73 Å². The summed E-state index contributed by atoms with van der Waals surface area (Å²) in [5.41, 5.74) is 6.93. The molecule has 0 unspecified atom stereocenters. The number of carboxylic acids is 1. The summed E-state index contributed by atoms with van der Waals surface area (Å²) < 4.78 is 0. The lowest BCUT2D eigenvalue weighted by Gasteiger charge is -2.08. The summed E-state index contributed by atoms with van der Waals surface area (Å²) in [4.78, 5) is 36.3. The highest BCUT2D eigenvalue weighted by atomic mass is 32.1. The number of carbonyl (C=O) groups is 3. The molecule has 0 atom stereocenters. The number of nitrogen functional groups attached to an aromatic ring is 1. The van der Waals surface area contributed by atoms with E-state index in [1.165, 1.54) is 6.08 Å². The summed E-state index contributed by atoms with van der Waals surface area (Å²) in [7, 11) is 0. The Morgan fingerprint density at radius 1 is 1.17 bits per heavy atom. The van der Waals surface area contributed by atoms with Gasteiger partial charge in [0.15, 0.2) is 5.78 Å². The summed E-state index contributed by atoms with van der Waals surface area (Å²) in [5, 5.41) is 9.03. The Balaban J connectivity index is 0.00000192. The Kier molecular flexibility index (Phi) is 4.47. The third-order valence-corrected chi connectivity index (χ3v) is 4.66. The van der Waals surface area contributed by atoms with Crippen molar-refractivity contribution in [3.8, 4) is 0 Å². The number of nitrogens with two attached hydrogens (primary N) is 1. The molecule has 1 aromatic heterocycles. The molecule has 0 bridgehead atoms. The van der Waals surface area contributed by atoms with Crippen LogP contribution in [-0.4, -0.2) is 22.6 Å². The van der Waals surface area contributed by atoms with Crippen molar-refractivity contribution in [1.29, 1.82) is 0 Å². The van der Waals surface area contributed by atoms with E-state index in [1.807, 2.05) is 0 Å². The number of aliphatic carboxylic acids is 1. The van der Waals surface area contributed by atoms with Crippen molar-refractivity contribution in [3.05, 3.63) is 56.8 Å². The number of rotatable bonds is 3. The van der Waals surface area contributed by atoms with Crippen LogP contribution in [-0.2, 0) is 16.0 Å². The van der Waals surface area contributed by atoms with E-state index in [4.69, 9.17) is 10.8 Å². The molecular weight excluding hydrogens is 314 g/mol. The lowest BCUT2D eigenvalue weighted by atomic mass is 9.96. The molecule has 3 rings (SSSR count). The molecule has 1 aliphatic carbocycles. The smallest absolute Gasteiger partial charge is 0.339 e. The van der Waals surface area contributed by atoms with E-state index in [-0.39, 0.29) is 30.9 Å². The predicted octanol–water partition coefficient (Wildman–Crippen LogP) is 2.79. The lowest BCUT2D eigenvalue weighted by Crippen LogP contribution is -2.17. The fourth-order valence-corrected chi connectivity index (χ4v) is 3.49. The van der Waals surface area contributed by atoms with E-state index in [2.05, 4.69) is 0 Å². The van der Waals surface area contributed by atoms with E-state index >= 15 is 0 Å². The first-order valence-electron chi connectivity index (χ1n) is 6.48. The fourth-order valence-electron chi connectivity index (χ4n) is 2.33. The van der Waals surface area contributed by atoms with Gasteiger partial charge in [0.25, 0.3) is 0 Å². The second-order valence-corrected chi connectivity index (χ2v) is 5.95. The molecule has 0 radical (unpaired) electrons. The molecule has 0 fully saturated rings. The zero-order valence-corrected chi connectivity index (χ0v) is 12.1. The van der Waals surface area contributed by atoms with Gasteiger partial charge >= 0.3 is 5.97 Å². The molecular formula is C17H15NO4S. The van der Waals surface area contributed by atoms with Crippen molar-refractivity contribution >= 4 is 40.6 Å². The van der Waals surface area contributed by atoms with E-state index < -0.39 is 11.8 Å². The van der Waals surface area contributed by atoms with Gasteiger partial charge in [-0.1, -0.05) is 37.8 Å². The van der Waals surface area contributed by atoms with Gasteiger partial charge in [0.1, 0.15) is 5.57 Å². The SMILES string of the molecule is C.Nc1c(C(=O)c2ccccc2)sc2c1C=C(C(=O)O)C(=O)C2. The summed E-state index contributed by atoms with van der Waals surface area (Å²) >= 11 is 1.15. The summed E-state index contributed by atoms with van der Waals surface area (Å²) in [6, 6.07) is 8.68. The van der Waals surface area contributed by atoms with Gasteiger partial charge in [0.05, 0.1) is 10.6 Å². The molecule has 0 saturated carbocycles. The molecule has 0 spiro atoms. The van der Waals surface area contributed by atoms with Crippen molar-refractivity contribution in [1.82, 2.24) is 0 Å². The van der Waals surface area contributed by atoms with Crippen LogP contribution in [0.15, 0.2) is 35.9 Å². The van der Waals surface area contributed by atoms with Crippen LogP contribution in [0.5, 0.6) is 0 Å². The third-order valence-electron chi connectivity index (χ3n) is 3.44. The fraction of sp³-hybridized carbons (Fsp3) is 0.118. The summed E-state index contributed by atoms with van der Waals surface area (Å²) in [6.45, 7) is 0. The van der Waals surface area contributed by atoms with Gasteiger partial charge in [0, 0.05) is 22.4 Å². The minimum atomic E-state index is -1.28. The van der Waals surface area contributed by atoms with Gasteiger partial charge < -0.3 is 10.8 Å². The minimum Gasteiger partial charge on any atom is -0.478 e. The maximum absolute atomic E-state index is 12.5. The average Bonchev–Trinajstić information content (AvgIpc) is 2.82. The second-order valence-electron chi connectivity index (χ2n) is 4.84. The maximum atomic E-state index is 12.5. The molecule has 3 N–H and O–H groups in total. The van der Waals surface area contributed by atoms with Crippen LogP contribution in [0.3, 0.4) is 0 Å². The molecule has 118 valence electrons. The number of hydrogen-bond donors (Lipinski definition) is 2. The highest BCUT2D eigenvalue weighted by molar-refractivity contribution is 7.15. The van der Waals surface area contributed by atoms with Gasteiger partial charge in [-0.05, 0) is 6.08 Å². The number of carbonyl (C=O) groups excluding carboxylic acids is 2. The van der Waals surface area contributed by atoms with Crippen LogP contribution < -0.4 is 5.73 Å². The average molecular weight is 329 g/mol. The predicted molar refractivity (Wildman–Crippen MR) is 89.7 cm³/mol. The third kappa shape index (κ3) is 2.80. The second kappa shape index (κ2) is 6.18. The number of anilines is 1. The van der Waals surface area contributed by atoms with Gasteiger partial charge in [-0.3, -0.25) is 9.59 Å². The van der Waals surface area contributed by atoms with Crippen LogP contribution in [0.1, 0.15) is 33.1 Å². The Hall–Kier alpha value is -2.73. The van der Waals surface area contributed by atoms with Crippen LogP contribution in [0.2, 0.25) is 0 Å². The van der Waals surface area contributed by atoms with Crippen molar-refractivity contribution in [3.63, 3.8) is 0 Å². The number of fused-ring (bicyclic) bond motifs is 1.